The lowest BCUT2D eigenvalue weighted by molar-refractivity contribution is -0.143. The van der Waals surface area contributed by atoms with E-state index in [9.17, 15) is 18.4 Å². The van der Waals surface area contributed by atoms with Crippen LogP contribution in [0.2, 0.25) is 0 Å². The Bertz CT molecular complexity index is 1500. The van der Waals surface area contributed by atoms with Crippen LogP contribution in [0, 0.1) is 24.0 Å². The summed E-state index contributed by atoms with van der Waals surface area (Å²) in [6.07, 6.45) is 0. The van der Waals surface area contributed by atoms with Gasteiger partial charge in [0.05, 0.1) is 17.5 Å². The van der Waals surface area contributed by atoms with Gasteiger partial charge in [-0.25, -0.2) is 8.78 Å². The summed E-state index contributed by atoms with van der Waals surface area (Å²) in [5.41, 5.74) is 1.65. The molecule has 1 amide bonds. The highest BCUT2D eigenvalue weighted by Gasteiger charge is 2.28. The second kappa shape index (κ2) is 10.4. The highest BCUT2D eigenvalue weighted by atomic mass is 19.1. The fourth-order valence-corrected chi connectivity index (χ4v) is 4.16. The molecule has 0 saturated carbocycles. The fraction of sp³-hybridized carbons (Fsp3) is 0.357. The summed E-state index contributed by atoms with van der Waals surface area (Å²) in [5.74, 6) is -1.71. The number of aromatic nitrogens is 3. The van der Waals surface area contributed by atoms with E-state index in [0.717, 1.165) is 6.07 Å². The summed E-state index contributed by atoms with van der Waals surface area (Å²) in [6, 6.07) is 8.12. The van der Waals surface area contributed by atoms with Crippen LogP contribution in [0.1, 0.15) is 73.6 Å². The van der Waals surface area contributed by atoms with E-state index in [1.165, 1.54) is 12.1 Å². The molecule has 0 unspecified atom stereocenters. The minimum atomic E-state index is -0.735. The van der Waals surface area contributed by atoms with Gasteiger partial charge in [0.1, 0.15) is 28.7 Å². The Hall–Kier alpha value is -4.08. The number of rotatable bonds is 7. The van der Waals surface area contributed by atoms with Crippen LogP contribution >= 0.6 is 0 Å². The van der Waals surface area contributed by atoms with Crippen LogP contribution < -0.4 is 10.1 Å². The number of amides is 1. The number of carbonyl (C=O) groups excluding carboxylic acids is 2. The molecule has 3 aromatic heterocycles. The van der Waals surface area contributed by atoms with Gasteiger partial charge >= 0.3 is 5.97 Å². The van der Waals surface area contributed by atoms with Gasteiger partial charge in [-0.2, -0.15) is 4.98 Å². The summed E-state index contributed by atoms with van der Waals surface area (Å²) < 4.78 is 39.9. The number of pyridine rings is 1. The van der Waals surface area contributed by atoms with E-state index in [2.05, 4.69) is 15.5 Å². The quantitative estimate of drug-likeness (QED) is 0.313. The van der Waals surface area contributed by atoms with Crippen LogP contribution in [0.4, 0.5) is 8.78 Å². The number of nitrogens with one attached hydrogen (secondary N) is 1. The monoisotopic (exact) mass is 524 g/mol. The van der Waals surface area contributed by atoms with E-state index in [1.54, 1.807) is 45.9 Å². The number of nitrogens with zero attached hydrogens (tertiary/aromatic N) is 3. The summed E-state index contributed by atoms with van der Waals surface area (Å²) in [4.78, 5) is 30.6. The zero-order valence-corrected chi connectivity index (χ0v) is 22.2. The van der Waals surface area contributed by atoms with Crippen LogP contribution in [-0.2, 0) is 17.9 Å². The average Bonchev–Trinajstić information content (AvgIpc) is 3.37. The highest BCUT2D eigenvalue weighted by Crippen LogP contribution is 2.33. The van der Waals surface area contributed by atoms with Crippen LogP contribution in [0.5, 0.6) is 5.88 Å². The maximum Gasteiger partial charge on any atom is 0.317 e. The third-order valence-corrected chi connectivity index (χ3v) is 5.88. The second-order valence-corrected chi connectivity index (χ2v) is 10.6. The predicted octanol–water partition coefficient (Wildman–Crippen LogP) is 5.66. The number of ether oxygens (including phenoxy) is 1. The van der Waals surface area contributed by atoms with E-state index in [4.69, 9.17) is 9.26 Å². The molecule has 0 atom stereocenters. The molecule has 38 heavy (non-hydrogen) atoms. The number of hydrogen-bond acceptors (Lipinski definition) is 6. The van der Waals surface area contributed by atoms with Crippen molar-refractivity contribution in [3.8, 4) is 5.88 Å². The Labute approximate surface area is 219 Å². The van der Waals surface area contributed by atoms with Crippen molar-refractivity contribution >= 4 is 22.9 Å². The summed E-state index contributed by atoms with van der Waals surface area (Å²) in [7, 11) is 0. The molecule has 200 valence electrons. The molecular weight excluding hydrogens is 494 g/mol. The Morgan fingerprint density at radius 1 is 1.11 bits per heavy atom. The maximum atomic E-state index is 13.7. The van der Waals surface area contributed by atoms with Crippen LogP contribution in [-0.4, -0.2) is 26.6 Å². The van der Waals surface area contributed by atoms with Crippen LogP contribution in [0.25, 0.3) is 11.0 Å². The SMILES string of the molecule is Cc1cc(Cn2c(C(C)C)c(C(=O)NCc3cc(F)cc(F)c3)c3ccc(OC(=O)C(C)(C)C)nc32)no1. The molecule has 0 aliphatic heterocycles. The first-order chi connectivity index (χ1) is 17.8. The summed E-state index contributed by atoms with van der Waals surface area (Å²) in [5, 5.41) is 7.39. The van der Waals surface area contributed by atoms with Gasteiger partial charge in [-0.3, -0.25) is 9.59 Å². The van der Waals surface area contributed by atoms with Crippen LogP contribution in [0.3, 0.4) is 0 Å². The average molecular weight is 525 g/mol. The Kier molecular flexibility index (Phi) is 7.35. The number of halogens is 2. The predicted molar refractivity (Wildman–Crippen MR) is 137 cm³/mol. The molecule has 0 radical (unpaired) electrons. The van der Waals surface area contributed by atoms with Crippen LogP contribution in [0.15, 0.2) is 40.9 Å². The summed E-state index contributed by atoms with van der Waals surface area (Å²) >= 11 is 0. The van der Waals surface area contributed by atoms with E-state index < -0.39 is 28.9 Å². The second-order valence-electron chi connectivity index (χ2n) is 10.6. The Morgan fingerprint density at radius 3 is 2.37 bits per heavy atom. The molecule has 0 bridgehead atoms. The number of aryl methyl sites for hydroxylation is 1. The van der Waals surface area contributed by atoms with Gasteiger partial charge in [0, 0.05) is 35.8 Å². The largest absolute Gasteiger partial charge is 0.407 e. The number of carbonyl (C=O) groups is 2. The molecule has 4 aromatic rings. The minimum Gasteiger partial charge on any atom is -0.407 e. The molecule has 0 fully saturated rings. The number of esters is 1. The first kappa shape index (κ1) is 27.0. The number of fused-ring (bicyclic) bond motifs is 1. The van der Waals surface area contributed by atoms with Crippen molar-refractivity contribution in [1.82, 2.24) is 20.0 Å². The molecule has 0 aliphatic carbocycles. The van der Waals surface area contributed by atoms with Gasteiger partial charge in [0.2, 0.25) is 5.88 Å². The minimum absolute atomic E-state index is 0.0745. The molecule has 10 heteroatoms. The van der Waals surface area contributed by atoms with E-state index in [1.807, 2.05) is 18.4 Å². The molecule has 0 aliphatic rings. The van der Waals surface area contributed by atoms with Gasteiger partial charge < -0.3 is 19.1 Å². The lowest BCUT2D eigenvalue weighted by Crippen LogP contribution is -2.26. The van der Waals surface area contributed by atoms with Gasteiger partial charge in [-0.15, -0.1) is 0 Å². The lowest BCUT2D eigenvalue weighted by atomic mass is 9.97. The van der Waals surface area contributed by atoms with Gasteiger partial charge in [0.25, 0.3) is 5.91 Å². The smallest absolute Gasteiger partial charge is 0.317 e. The molecule has 3 heterocycles. The van der Waals surface area contributed by atoms with Crippen molar-refractivity contribution < 1.29 is 27.6 Å². The maximum absolute atomic E-state index is 13.7. The molecular formula is C28H30F2N4O4. The highest BCUT2D eigenvalue weighted by molar-refractivity contribution is 6.08. The zero-order valence-electron chi connectivity index (χ0n) is 22.2. The molecule has 1 aromatic carbocycles. The number of benzene rings is 1. The van der Waals surface area contributed by atoms with E-state index >= 15 is 0 Å². The van der Waals surface area contributed by atoms with Gasteiger partial charge in [0.15, 0.2) is 0 Å². The lowest BCUT2D eigenvalue weighted by Gasteiger charge is -2.16. The fourth-order valence-electron chi connectivity index (χ4n) is 4.16. The molecule has 0 spiro atoms. The number of hydrogen-bond donors (Lipinski definition) is 1. The van der Waals surface area contributed by atoms with Gasteiger partial charge in [-0.1, -0.05) is 19.0 Å². The first-order valence-corrected chi connectivity index (χ1v) is 12.2. The molecule has 1 N–H and O–H groups in total. The molecule has 4 rings (SSSR count). The molecule has 8 nitrogen and oxygen atoms in total. The first-order valence-electron chi connectivity index (χ1n) is 12.2. The van der Waals surface area contributed by atoms with Crippen molar-refractivity contribution in [2.45, 2.75) is 60.5 Å². The van der Waals surface area contributed by atoms with Crippen molar-refractivity contribution in [3.05, 3.63) is 76.3 Å². The van der Waals surface area contributed by atoms with Gasteiger partial charge in [-0.05, 0) is 57.4 Å². The third-order valence-electron chi connectivity index (χ3n) is 5.88. The van der Waals surface area contributed by atoms with E-state index in [0.29, 0.717) is 39.3 Å². The Morgan fingerprint density at radius 2 is 1.79 bits per heavy atom. The van der Waals surface area contributed by atoms with Crippen molar-refractivity contribution in [2.24, 2.45) is 5.41 Å². The standard InChI is InChI=1S/C28H30F2N4O4/c1-15(2)24-23(26(35)31-13-17-10-18(29)12-19(30)11-17)21-7-8-22(37-27(36)28(4,5)6)32-25(21)34(24)14-20-9-16(3)38-33-20/h7-12,15H,13-14H2,1-6H3,(H,31,35). The molecule has 0 saturated heterocycles. The van der Waals surface area contributed by atoms with Crippen molar-refractivity contribution in [3.63, 3.8) is 0 Å². The zero-order chi connectivity index (χ0) is 27.8. The Balaban J connectivity index is 1.80. The normalized spacial score (nSPS) is 11.8. The topological polar surface area (TPSA) is 99.2 Å². The summed E-state index contributed by atoms with van der Waals surface area (Å²) in [6.45, 7) is 11.1. The third kappa shape index (κ3) is 5.74. The van der Waals surface area contributed by atoms with Crippen molar-refractivity contribution in [1.29, 1.82) is 0 Å². The van der Waals surface area contributed by atoms with E-state index in [-0.39, 0.29) is 24.9 Å². The van der Waals surface area contributed by atoms with Crippen molar-refractivity contribution in [2.75, 3.05) is 0 Å².